The van der Waals surface area contributed by atoms with E-state index in [0.29, 0.717) is 17.6 Å². The van der Waals surface area contributed by atoms with Crippen LogP contribution in [0.4, 0.5) is 0 Å². The number of hydrogen-bond donors (Lipinski definition) is 2. The van der Waals surface area contributed by atoms with Gasteiger partial charge in [0.2, 0.25) is 0 Å². The summed E-state index contributed by atoms with van der Waals surface area (Å²) >= 11 is 0. The summed E-state index contributed by atoms with van der Waals surface area (Å²) in [6.45, 7) is 10.6. The number of piperidine rings is 1. The molecule has 4 atom stereocenters. The van der Waals surface area contributed by atoms with E-state index in [2.05, 4.69) is 31.4 Å². The van der Waals surface area contributed by atoms with Gasteiger partial charge in [-0.2, -0.15) is 0 Å². The van der Waals surface area contributed by atoms with Gasteiger partial charge in [-0.1, -0.05) is 20.8 Å². The van der Waals surface area contributed by atoms with Gasteiger partial charge in [0.25, 0.3) is 0 Å². The Morgan fingerprint density at radius 3 is 2.79 bits per heavy atom. The van der Waals surface area contributed by atoms with Crippen molar-refractivity contribution in [2.75, 3.05) is 26.7 Å². The Hall–Kier alpha value is -0.120. The van der Waals surface area contributed by atoms with E-state index in [1.54, 1.807) is 0 Å². The largest absolute Gasteiger partial charge is 0.381 e. The molecule has 2 fully saturated rings. The normalized spacial score (nSPS) is 35.7. The van der Waals surface area contributed by atoms with Crippen molar-refractivity contribution in [2.24, 2.45) is 17.3 Å². The molecule has 1 saturated heterocycles. The van der Waals surface area contributed by atoms with Crippen LogP contribution in [0, 0.1) is 17.3 Å². The summed E-state index contributed by atoms with van der Waals surface area (Å²) in [5.41, 5.74) is 0.296. The van der Waals surface area contributed by atoms with Crippen molar-refractivity contribution >= 4 is 0 Å². The van der Waals surface area contributed by atoms with Gasteiger partial charge in [-0.15, -0.1) is 0 Å². The predicted octanol–water partition coefficient (Wildman–Crippen LogP) is 2.42. The molecule has 112 valence electrons. The fourth-order valence-electron chi connectivity index (χ4n) is 3.72. The number of ether oxygens (including phenoxy) is 1. The SMILES string of the molecule is COC1CC(NCCC(C)C2CCCNC2)C1(C)C. The smallest absolute Gasteiger partial charge is 0.0652 e. The average molecular weight is 268 g/mol. The highest BCUT2D eigenvalue weighted by Gasteiger charge is 2.48. The molecule has 2 N–H and O–H groups in total. The molecule has 1 saturated carbocycles. The monoisotopic (exact) mass is 268 g/mol. The highest BCUT2D eigenvalue weighted by molar-refractivity contribution is 5.02. The Morgan fingerprint density at radius 2 is 2.21 bits per heavy atom. The summed E-state index contributed by atoms with van der Waals surface area (Å²) in [6, 6.07) is 0.633. The zero-order valence-corrected chi connectivity index (χ0v) is 13.2. The van der Waals surface area contributed by atoms with Gasteiger partial charge in [-0.25, -0.2) is 0 Å². The molecule has 19 heavy (non-hydrogen) atoms. The van der Waals surface area contributed by atoms with Gasteiger partial charge < -0.3 is 15.4 Å². The van der Waals surface area contributed by atoms with Crippen LogP contribution >= 0.6 is 0 Å². The lowest BCUT2D eigenvalue weighted by Crippen LogP contribution is -2.60. The van der Waals surface area contributed by atoms with E-state index < -0.39 is 0 Å². The minimum atomic E-state index is 0.296. The zero-order valence-electron chi connectivity index (χ0n) is 13.2. The van der Waals surface area contributed by atoms with Crippen LogP contribution in [0.25, 0.3) is 0 Å². The molecule has 3 heteroatoms. The molecule has 1 heterocycles. The molecule has 4 unspecified atom stereocenters. The lowest BCUT2D eigenvalue weighted by atomic mass is 9.64. The van der Waals surface area contributed by atoms with E-state index in [-0.39, 0.29) is 0 Å². The quantitative estimate of drug-likeness (QED) is 0.776. The molecule has 0 radical (unpaired) electrons. The van der Waals surface area contributed by atoms with E-state index >= 15 is 0 Å². The van der Waals surface area contributed by atoms with Crippen LogP contribution < -0.4 is 10.6 Å². The first-order valence-electron chi connectivity index (χ1n) is 8.02. The maximum atomic E-state index is 5.51. The van der Waals surface area contributed by atoms with Crippen molar-refractivity contribution in [1.29, 1.82) is 0 Å². The summed E-state index contributed by atoms with van der Waals surface area (Å²) in [4.78, 5) is 0. The standard InChI is InChI=1S/C16H32N2O/c1-12(13-6-5-8-17-11-13)7-9-18-14-10-15(19-4)16(14,2)3/h12-15,17-18H,5-11H2,1-4H3. The molecular weight excluding hydrogens is 236 g/mol. The van der Waals surface area contributed by atoms with Gasteiger partial charge in [-0.05, 0) is 57.2 Å². The zero-order chi connectivity index (χ0) is 13.9. The third kappa shape index (κ3) is 3.50. The van der Waals surface area contributed by atoms with Crippen molar-refractivity contribution in [1.82, 2.24) is 10.6 Å². The molecule has 0 amide bonds. The number of methoxy groups -OCH3 is 1. The minimum absolute atomic E-state index is 0.296. The first-order valence-corrected chi connectivity index (χ1v) is 8.02. The van der Waals surface area contributed by atoms with Crippen molar-refractivity contribution in [3.05, 3.63) is 0 Å². The van der Waals surface area contributed by atoms with Gasteiger partial charge >= 0.3 is 0 Å². The van der Waals surface area contributed by atoms with Gasteiger partial charge in [0.1, 0.15) is 0 Å². The fourth-order valence-corrected chi connectivity index (χ4v) is 3.72. The molecule has 3 nitrogen and oxygen atoms in total. The Balaban J connectivity index is 1.64. The van der Waals surface area contributed by atoms with Gasteiger partial charge in [0.15, 0.2) is 0 Å². The van der Waals surface area contributed by atoms with Gasteiger partial charge in [-0.3, -0.25) is 0 Å². The maximum Gasteiger partial charge on any atom is 0.0652 e. The first-order chi connectivity index (χ1) is 9.05. The van der Waals surface area contributed by atoms with Gasteiger partial charge in [0.05, 0.1) is 6.10 Å². The Morgan fingerprint density at radius 1 is 1.42 bits per heavy atom. The molecule has 1 aliphatic heterocycles. The van der Waals surface area contributed by atoms with Crippen LogP contribution in [0.5, 0.6) is 0 Å². The number of rotatable bonds is 6. The second-order valence-electron chi connectivity index (χ2n) is 7.16. The van der Waals surface area contributed by atoms with Crippen molar-refractivity contribution in [3.63, 3.8) is 0 Å². The van der Waals surface area contributed by atoms with Crippen LogP contribution in [-0.4, -0.2) is 38.9 Å². The Labute approximate surface area is 118 Å². The Bertz CT molecular complexity index is 274. The van der Waals surface area contributed by atoms with Crippen molar-refractivity contribution in [3.8, 4) is 0 Å². The molecular formula is C16H32N2O. The second kappa shape index (κ2) is 6.55. The van der Waals surface area contributed by atoms with Crippen LogP contribution in [0.15, 0.2) is 0 Å². The maximum absolute atomic E-state index is 5.51. The van der Waals surface area contributed by atoms with Gasteiger partial charge in [0, 0.05) is 18.6 Å². The molecule has 0 aromatic carbocycles. The topological polar surface area (TPSA) is 33.3 Å². The first kappa shape index (κ1) is 15.3. The van der Waals surface area contributed by atoms with Crippen molar-refractivity contribution in [2.45, 2.75) is 58.6 Å². The minimum Gasteiger partial charge on any atom is -0.381 e. The van der Waals surface area contributed by atoms with E-state index in [1.165, 1.54) is 38.8 Å². The lowest BCUT2D eigenvalue weighted by Gasteiger charge is -2.51. The lowest BCUT2D eigenvalue weighted by molar-refractivity contribution is -0.0975. The third-order valence-corrected chi connectivity index (χ3v) is 5.59. The van der Waals surface area contributed by atoms with Crippen LogP contribution in [0.2, 0.25) is 0 Å². The predicted molar refractivity (Wildman–Crippen MR) is 80.4 cm³/mol. The third-order valence-electron chi connectivity index (χ3n) is 5.59. The molecule has 0 spiro atoms. The molecule has 0 aromatic rings. The average Bonchev–Trinajstić information content (AvgIpc) is 2.42. The summed E-state index contributed by atoms with van der Waals surface area (Å²) in [5, 5.41) is 7.27. The second-order valence-corrected chi connectivity index (χ2v) is 7.16. The highest BCUT2D eigenvalue weighted by Crippen LogP contribution is 2.42. The molecule has 0 bridgehead atoms. The van der Waals surface area contributed by atoms with E-state index in [0.717, 1.165) is 18.4 Å². The summed E-state index contributed by atoms with van der Waals surface area (Å²) < 4.78 is 5.51. The molecule has 1 aliphatic carbocycles. The van der Waals surface area contributed by atoms with E-state index in [1.807, 2.05) is 7.11 Å². The summed E-state index contributed by atoms with van der Waals surface area (Å²) in [7, 11) is 1.83. The molecule has 0 aromatic heterocycles. The molecule has 2 rings (SSSR count). The van der Waals surface area contributed by atoms with Crippen LogP contribution in [0.3, 0.4) is 0 Å². The van der Waals surface area contributed by atoms with Crippen LogP contribution in [0.1, 0.15) is 46.5 Å². The summed E-state index contributed by atoms with van der Waals surface area (Å²) in [6.07, 6.45) is 5.67. The van der Waals surface area contributed by atoms with E-state index in [4.69, 9.17) is 4.74 Å². The Kier molecular flexibility index (Phi) is 5.27. The fraction of sp³-hybridized carbons (Fsp3) is 1.00. The summed E-state index contributed by atoms with van der Waals surface area (Å²) in [5.74, 6) is 1.72. The number of nitrogens with one attached hydrogen (secondary N) is 2. The van der Waals surface area contributed by atoms with Crippen LogP contribution in [-0.2, 0) is 4.74 Å². The van der Waals surface area contributed by atoms with Crippen molar-refractivity contribution < 1.29 is 4.74 Å². The highest BCUT2D eigenvalue weighted by atomic mass is 16.5. The van der Waals surface area contributed by atoms with E-state index in [9.17, 15) is 0 Å². The molecule has 2 aliphatic rings. The number of hydrogen-bond acceptors (Lipinski definition) is 3.